The van der Waals surface area contributed by atoms with Crippen LogP contribution >= 0.6 is 0 Å². The van der Waals surface area contributed by atoms with Crippen molar-refractivity contribution in [2.75, 3.05) is 20.2 Å². The van der Waals surface area contributed by atoms with Crippen molar-refractivity contribution in [3.63, 3.8) is 0 Å². The number of amides is 1. The van der Waals surface area contributed by atoms with Gasteiger partial charge in [-0.1, -0.05) is 0 Å². The van der Waals surface area contributed by atoms with Crippen LogP contribution in [0.15, 0.2) is 15.3 Å². The fourth-order valence-corrected chi connectivity index (χ4v) is 3.90. The number of aryl methyl sites for hydroxylation is 1. The summed E-state index contributed by atoms with van der Waals surface area (Å²) in [4.78, 5) is 25.0. The van der Waals surface area contributed by atoms with E-state index < -0.39 is 5.63 Å². The van der Waals surface area contributed by atoms with E-state index in [-0.39, 0.29) is 29.5 Å². The summed E-state index contributed by atoms with van der Waals surface area (Å²) in [5.41, 5.74) is 0.310. The first kappa shape index (κ1) is 18.1. The lowest BCUT2D eigenvalue weighted by atomic mass is 9.92. The molecule has 2 aliphatic rings. The molecule has 0 bridgehead atoms. The lowest BCUT2D eigenvalue weighted by molar-refractivity contribution is 0.0598. The summed E-state index contributed by atoms with van der Waals surface area (Å²) in [6.45, 7) is 3.63. The summed E-state index contributed by atoms with van der Waals surface area (Å²) >= 11 is 0. The number of methoxy groups -OCH3 is 1. The molecule has 6 nitrogen and oxygen atoms in total. The molecule has 138 valence electrons. The van der Waals surface area contributed by atoms with Gasteiger partial charge in [0.1, 0.15) is 11.3 Å². The first-order chi connectivity index (χ1) is 12.1. The van der Waals surface area contributed by atoms with Crippen molar-refractivity contribution in [3.05, 3.63) is 33.4 Å². The Kier molecular flexibility index (Phi) is 5.91. The molecule has 1 unspecified atom stereocenters. The molecule has 25 heavy (non-hydrogen) atoms. The van der Waals surface area contributed by atoms with Crippen LogP contribution in [0, 0.1) is 6.92 Å². The summed E-state index contributed by atoms with van der Waals surface area (Å²) in [7, 11) is 1.72. The fourth-order valence-electron chi connectivity index (χ4n) is 3.90. The fraction of sp³-hybridized carbons (Fsp3) is 0.684. The maximum atomic E-state index is 12.6. The average Bonchev–Trinajstić information content (AvgIpc) is 2.62. The van der Waals surface area contributed by atoms with Gasteiger partial charge in [-0.25, -0.2) is 4.79 Å². The van der Waals surface area contributed by atoms with Crippen LogP contribution < -0.4 is 16.3 Å². The number of carbonyl (C=O) groups is 1. The van der Waals surface area contributed by atoms with Gasteiger partial charge in [0.25, 0.3) is 5.91 Å². The minimum Gasteiger partial charge on any atom is -0.427 e. The Morgan fingerprint density at radius 3 is 2.64 bits per heavy atom. The number of hydrogen-bond donors (Lipinski definition) is 2. The topological polar surface area (TPSA) is 80.6 Å². The number of carbonyl (C=O) groups excluding carboxylic acids is 1. The molecule has 1 aromatic rings. The van der Waals surface area contributed by atoms with Crippen molar-refractivity contribution < 1.29 is 13.9 Å². The van der Waals surface area contributed by atoms with Crippen LogP contribution in [0.4, 0.5) is 0 Å². The molecule has 2 fully saturated rings. The molecule has 1 aliphatic carbocycles. The van der Waals surface area contributed by atoms with Gasteiger partial charge in [-0.3, -0.25) is 4.79 Å². The van der Waals surface area contributed by atoms with E-state index >= 15 is 0 Å². The molecule has 6 heteroatoms. The number of piperidine rings is 1. The molecule has 0 aromatic carbocycles. The minimum absolute atomic E-state index is 0.0971. The SMILES string of the molecule is COC1CCC(NC(=O)c2c(C)cc(C3CCCNC3)oc2=O)CC1. The summed E-state index contributed by atoms with van der Waals surface area (Å²) in [5.74, 6) is 0.578. The third kappa shape index (κ3) is 4.30. The van der Waals surface area contributed by atoms with Crippen LogP contribution in [0.3, 0.4) is 0 Å². The normalized spacial score (nSPS) is 27.0. The summed E-state index contributed by atoms with van der Waals surface area (Å²) in [6.07, 6.45) is 5.97. The summed E-state index contributed by atoms with van der Waals surface area (Å²) < 4.78 is 10.9. The monoisotopic (exact) mass is 348 g/mol. The quantitative estimate of drug-likeness (QED) is 0.871. The minimum atomic E-state index is -0.524. The van der Waals surface area contributed by atoms with Crippen molar-refractivity contribution >= 4 is 5.91 Å². The van der Waals surface area contributed by atoms with E-state index in [9.17, 15) is 9.59 Å². The van der Waals surface area contributed by atoms with Crippen molar-refractivity contribution in [2.45, 2.75) is 63.5 Å². The number of hydrogen-bond acceptors (Lipinski definition) is 5. The third-order valence-corrected chi connectivity index (χ3v) is 5.44. The molecule has 1 atom stereocenters. The predicted octanol–water partition coefficient (Wildman–Crippen LogP) is 2.10. The molecular formula is C19H28N2O4. The van der Waals surface area contributed by atoms with E-state index in [1.165, 1.54) is 0 Å². The van der Waals surface area contributed by atoms with Gasteiger partial charge in [0.2, 0.25) is 0 Å². The van der Waals surface area contributed by atoms with Gasteiger partial charge in [0.15, 0.2) is 0 Å². The highest BCUT2D eigenvalue weighted by Gasteiger charge is 2.26. The van der Waals surface area contributed by atoms with Gasteiger partial charge in [-0.15, -0.1) is 0 Å². The van der Waals surface area contributed by atoms with Crippen molar-refractivity contribution in [3.8, 4) is 0 Å². The molecule has 1 aliphatic heterocycles. The zero-order valence-electron chi connectivity index (χ0n) is 15.1. The Morgan fingerprint density at radius 1 is 1.28 bits per heavy atom. The zero-order valence-corrected chi connectivity index (χ0v) is 15.1. The van der Waals surface area contributed by atoms with Crippen LogP contribution in [-0.2, 0) is 4.74 Å². The first-order valence-electron chi connectivity index (χ1n) is 9.27. The Balaban J connectivity index is 1.69. The molecule has 1 saturated carbocycles. The number of rotatable bonds is 4. The molecule has 1 amide bonds. The van der Waals surface area contributed by atoms with Crippen molar-refractivity contribution in [1.29, 1.82) is 0 Å². The van der Waals surface area contributed by atoms with Gasteiger partial charge in [-0.2, -0.15) is 0 Å². The molecular weight excluding hydrogens is 320 g/mol. The van der Waals surface area contributed by atoms with Gasteiger partial charge < -0.3 is 19.8 Å². The van der Waals surface area contributed by atoms with E-state index in [0.717, 1.165) is 51.6 Å². The van der Waals surface area contributed by atoms with Gasteiger partial charge in [0, 0.05) is 25.6 Å². The lowest BCUT2D eigenvalue weighted by Gasteiger charge is -2.28. The lowest BCUT2D eigenvalue weighted by Crippen LogP contribution is -2.41. The Bertz CT molecular complexity index is 656. The van der Waals surface area contributed by atoms with Gasteiger partial charge in [-0.05, 0) is 63.6 Å². The second-order valence-corrected chi connectivity index (χ2v) is 7.22. The van der Waals surface area contributed by atoms with Crippen molar-refractivity contribution in [2.24, 2.45) is 0 Å². The predicted molar refractivity (Wildman–Crippen MR) is 95.1 cm³/mol. The number of nitrogens with one attached hydrogen (secondary N) is 2. The van der Waals surface area contributed by atoms with Crippen LogP contribution in [-0.4, -0.2) is 38.3 Å². The third-order valence-electron chi connectivity index (χ3n) is 5.44. The molecule has 3 rings (SSSR count). The molecule has 0 spiro atoms. The Hall–Kier alpha value is -1.66. The highest BCUT2D eigenvalue weighted by molar-refractivity contribution is 5.95. The molecule has 2 heterocycles. The largest absolute Gasteiger partial charge is 0.427 e. The zero-order chi connectivity index (χ0) is 17.8. The Morgan fingerprint density at radius 2 is 2.04 bits per heavy atom. The van der Waals surface area contributed by atoms with Crippen LogP contribution in [0.2, 0.25) is 0 Å². The second-order valence-electron chi connectivity index (χ2n) is 7.22. The van der Waals surface area contributed by atoms with Crippen LogP contribution in [0.25, 0.3) is 0 Å². The summed E-state index contributed by atoms with van der Waals surface area (Å²) in [5, 5.41) is 6.31. The molecule has 1 aromatic heterocycles. The maximum absolute atomic E-state index is 12.6. The Labute approximate surface area is 148 Å². The second kappa shape index (κ2) is 8.15. The van der Waals surface area contributed by atoms with Gasteiger partial charge in [0.05, 0.1) is 6.10 Å². The molecule has 0 radical (unpaired) electrons. The molecule has 1 saturated heterocycles. The molecule has 2 N–H and O–H groups in total. The van der Waals surface area contributed by atoms with Gasteiger partial charge >= 0.3 is 5.63 Å². The van der Waals surface area contributed by atoms with E-state index in [0.29, 0.717) is 11.3 Å². The van der Waals surface area contributed by atoms with E-state index in [2.05, 4.69) is 10.6 Å². The van der Waals surface area contributed by atoms with Crippen molar-refractivity contribution in [1.82, 2.24) is 10.6 Å². The average molecular weight is 348 g/mol. The van der Waals surface area contributed by atoms with E-state index in [1.54, 1.807) is 7.11 Å². The number of ether oxygens (including phenoxy) is 1. The van der Waals surface area contributed by atoms with Crippen LogP contribution in [0.5, 0.6) is 0 Å². The van der Waals surface area contributed by atoms with Crippen LogP contribution in [0.1, 0.15) is 66.1 Å². The summed E-state index contributed by atoms with van der Waals surface area (Å²) in [6, 6.07) is 1.95. The highest BCUT2D eigenvalue weighted by Crippen LogP contribution is 2.24. The smallest absolute Gasteiger partial charge is 0.349 e. The highest BCUT2D eigenvalue weighted by atomic mass is 16.5. The van der Waals surface area contributed by atoms with E-state index in [1.807, 2.05) is 13.0 Å². The van der Waals surface area contributed by atoms with E-state index in [4.69, 9.17) is 9.15 Å². The first-order valence-corrected chi connectivity index (χ1v) is 9.27. The maximum Gasteiger partial charge on any atom is 0.349 e. The standard InChI is InChI=1S/C19H28N2O4/c1-12-10-16(13-4-3-9-20-11-13)25-19(23)17(12)18(22)21-14-5-7-15(24-2)8-6-14/h10,13-15,20H,3-9,11H2,1-2H3,(H,21,22).